The molecule has 0 aromatic carbocycles. The fourth-order valence-electron chi connectivity index (χ4n) is 2.20. The molecule has 2 amide bonds. The minimum Gasteiger partial charge on any atom is -0.444 e. The Hall–Kier alpha value is -1.08. The molecule has 0 aromatic rings. The highest BCUT2D eigenvalue weighted by molar-refractivity contribution is 6.41. The van der Waals surface area contributed by atoms with E-state index in [1.807, 2.05) is 0 Å². The normalized spacial score (nSPS) is 24.4. The van der Waals surface area contributed by atoms with Crippen molar-refractivity contribution in [3.05, 3.63) is 0 Å². The van der Waals surface area contributed by atoms with Crippen molar-refractivity contribution in [3.8, 4) is 0 Å². The number of hydrogen-bond donors (Lipinski definition) is 2. The number of aliphatic hydroxyl groups excluding tert-OH is 1. The van der Waals surface area contributed by atoms with E-state index in [0.29, 0.717) is 5.54 Å². The fraction of sp³-hybridized carbons (Fsp3) is 0.867. The highest BCUT2D eigenvalue weighted by atomic mass is 28.2. The third-order valence-corrected chi connectivity index (χ3v) is 7.09. The first-order valence-corrected chi connectivity index (χ1v) is 9.22. The van der Waals surface area contributed by atoms with E-state index in [1.165, 1.54) is 0 Å². The van der Waals surface area contributed by atoms with Crippen molar-refractivity contribution in [1.82, 2.24) is 9.88 Å². The summed E-state index contributed by atoms with van der Waals surface area (Å²) >= 11 is 0. The van der Waals surface area contributed by atoms with Crippen molar-refractivity contribution >= 4 is 21.7 Å². The average molecular weight is 331 g/mol. The van der Waals surface area contributed by atoms with Crippen LogP contribution in [0.15, 0.2) is 0 Å². The van der Waals surface area contributed by atoms with Gasteiger partial charge in [0.2, 0.25) is 5.91 Å². The zero-order valence-corrected chi connectivity index (χ0v) is 16.2. The number of nitrogens with one attached hydrogen (secondary N) is 1. The minimum atomic E-state index is -0.831. The molecule has 1 fully saturated rings. The summed E-state index contributed by atoms with van der Waals surface area (Å²) in [5, 5.41) is 12.1. The molecule has 1 saturated heterocycles. The van der Waals surface area contributed by atoms with Crippen LogP contribution in [0, 0.1) is 5.41 Å². The lowest BCUT2D eigenvalue weighted by Gasteiger charge is -2.49. The molecule has 3 unspecified atom stereocenters. The number of rotatable bonds is 4. The summed E-state index contributed by atoms with van der Waals surface area (Å²) in [6, 6.07) is -0.990. The summed E-state index contributed by atoms with van der Waals surface area (Å²) < 4.78 is 6.94. The molecule has 0 radical (unpaired) electrons. The topological polar surface area (TPSA) is 78.9 Å². The molecule has 0 spiro atoms. The van der Waals surface area contributed by atoms with Crippen molar-refractivity contribution in [2.24, 2.45) is 5.41 Å². The Labute approximate surface area is 135 Å². The van der Waals surface area contributed by atoms with Gasteiger partial charge in [-0.3, -0.25) is 4.79 Å². The number of carbonyl (C=O) groups excluding carboxylic acids is 2. The molecule has 0 aromatic heterocycles. The fourth-order valence-corrected chi connectivity index (χ4v) is 4.31. The van der Waals surface area contributed by atoms with E-state index >= 15 is 0 Å². The summed E-state index contributed by atoms with van der Waals surface area (Å²) in [7, 11) is -0.831. The van der Waals surface area contributed by atoms with Gasteiger partial charge in [-0.05, 0) is 31.7 Å². The average Bonchev–Trinajstić information content (AvgIpc) is 2.33. The molecule has 128 valence electrons. The van der Waals surface area contributed by atoms with E-state index in [9.17, 15) is 14.7 Å². The maximum absolute atomic E-state index is 12.3. The zero-order valence-electron chi connectivity index (χ0n) is 14.8. The van der Waals surface area contributed by atoms with Gasteiger partial charge in [0, 0.05) is 0 Å². The Morgan fingerprint density at radius 2 is 1.91 bits per heavy atom. The zero-order chi connectivity index (χ0) is 17.3. The van der Waals surface area contributed by atoms with Gasteiger partial charge >= 0.3 is 6.09 Å². The second-order valence-electron chi connectivity index (χ2n) is 8.13. The summed E-state index contributed by atoms with van der Waals surface area (Å²) in [4.78, 5) is 24.1. The number of ether oxygens (including phenoxy) is 1. The Morgan fingerprint density at radius 1 is 1.36 bits per heavy atom. The molecule has 2 N–H and O–H groups in total. The van der Waals surface area contributed by atoms with Crippen LogP contribution in [0.5, 0.6) is 0 Å². The summed E-state index contributed by atoms with van der Waals surface area (Å²) in [6.45, 7) is 13.8. The molecule has 1 rings (SSSR count). The van der Waals surface area contributed by atoms with Gasteiger partial charge in [0.15, 0.2) is 0 Å². The maximum atomic E-state index is 12.3. The van der Waals surface area contributed by atoms with Crippen molar-refractivity contribution in [2.75, 3.05) is 6.61 Å². The van der Waals surface area contributed by atoms with E-state index in [-0.39, 0.29) is 24.0 Å². The van der Waals surface area contributed by atoms with Gasteiger partial charge in [-0.2, -0.15) is 0 Å². The van der Waals surface area contributed by atoms with Gasteiger partial charge in [0.1, 0.15) is 21.3 Å². The molecule has 0 saturated carbocycles. The molecule has 6 nitrogen and oxygen atoms in total. The van der Waals surface area contributed by atoms with E-state index < -0.39 is 27.4 Å². The number of nitrogens with zero attached hydrogens (tertiary/aromatic N) is 1. The standard InChI is InChI=1S/C15H30N2O4Si/c1-9(14(2,3)4)22-17-10(8-18)11(12(17)19)16-13(20)21-15(5,6)7/h9-11,18H,8,22H2,1-7H3,(H,16,20). The van der Waals surface area contributed by atoms with Crippen molar-refractivity contribution in [3.63, 3.8) is 0 Å². The lowest BCUT2D eigenvalue weighted by Crippen LogP contribution is -2.73. The van der Waals surface area contributed by atoms with Gasteiger partial charge < -0.3 is 19.7 Å². The van der Waals surface area contributed by atoms with Crippen molar-refractivity contribution in [2.45, 2.75) is 71.7 Å². The third-order valence-electron chi connectivity index (χ3n) is 4.14. The molecule has 0 aliphatic carbocycles. The number of amides is 2. The SMILES string of the molecule is CC([SiH2]N1C(=O)C(NC(=O)OC(C)(C)C)C1CO)C(C)(C)C. The molecule has 22 heavy (non-hydrogen) atoms. The minimum absolute atomic E-state index is 0.104. The molecule has 3 atom stereocenters. The van der Waals surface area contributed by atoms with Crippen LogP contribution in [0.3, 0.4) is 0 Å². The van der Waals surface area contributed by atoms with Crippen molar-refractivity contribution in [1.29, 1.82) is 0 Å². The smallest absolute Gasteiger partial charge is 0.408 e. The first-order chi connectivity index (χ1) is 9.86. The highest BCUT2D eigenvalue weighted by Gasteiger charge is 2.48. The number of β-lactam (4-membered cyclic amide) rings is 1. The second kappa shape index (κ2) is 6.58. The third kappa shape index (κ3) is 4.71. The maximum Gasteiger partial charge on any atom is 0.408 e. The van der Waals surface area contributed by atoms with E-state index in [2.05, 4.69) is 33.0 Å². The Morgan fingerprint density at radius 3 is 2.32 bits per heavy atom. The van der Waals surface area contributed by atoms with E-state index in [0.717, 1.165) is 0 Å². The van der Waals surface area contributed by atoms with Crippen LogP contribution in [-0.4, -0.2) is 55.6 Å². The molecule has 0 bridgehead atoms. The van der Waals surface area contributed by atoms with Crippen LogP contribution in [0.1, 0.15) is 48.5 Å². The second-order valence-corrected chi connectivity index (χ2v) is 10.4. The number of alkyl carbamates (subject to hydrolysis) is 1. The Kier molecular flexibility index (Phi) is 5.67. The summed E-state index contributed by atoms with van der Waals surface area (Å²) in [5.41, 5.74) is -0.0512. The van der Waals surface area contributed by atoms with Gasteiger partial charge in [-0.25, -0.2) is 4.79 Å². The molecule has 7 heteroatoms. The lowest BCUT2D eigenvalue weighted by molar-refractivity contribution is -0.144. The van der Waals surface area contributed by atoms with E-state index in [1.54, 1.807) is 25.3 Å². The van der Waals surface area contributed by atoms with Crippen LogP contribution in [-0.2, 0) is 9.53 Å². The monoisotopic (exact) mass is 330 g/mol. The Balaban J connectivity index is 2.63. The van der Waals surface area contributed by atoms with Crippen LogP contribution >= 0.6 is 0 Å². The van der Waals surface area contributed by atoms with Crippen LogP contribution in [0.4, 0.5) is 4.79 Å². The van der Waals surface area contributed by atoms with Gasteiger partial charge in [-0.1, -0.05) is 27.7 Å². The highest BCUT2D eigenvalue weighted by Crippen LogP contribution is 2.33. The summed E-state index contributed by atoms with van der Waals surface area (Å²) in [5.74, 6) is -0.104. The predicted molar refractivity (Wildman–Crippen MR) is 88.3 cm³/mol. The molecular formula is C15H30N2O4Si. The Bertz CT molecular complexity index is 428. The summed E-state index contributed by atoms with van der Waals surface area (Å²) in [6.07, 6.45) is -0.616. The van der Waals surface area contributed by atoms with Crippen LogP contribution in [0.2, 0.25) is 5.54 Å². The van der Waals surface area contributed by atoms with Crippen LogP contribution in [0.25, 0.3) is 0 Å². The predicted octanol–water partition coefficient (Wildman–Crippen LogP) is 1.02. The van der Waals surface area contributed by atoms with Gasteiger partial charge in [-0.15, -0.1) is 0 Å². The lowest BCUT2D eigenvalue weighted by atomic mass is 9.93. The van der Waals surface area contributed by atoms with Gasteiger partial charge in [0.25, 0.3) is 0 Å². The number of aliphatic hydroxyl groups is 1. The van der Waals surface area contributed by atoms with Crippen LogP contribution < -0.4 is 5.32 Å². The van der Waals surface area contributed by atoms with Crippen molar-refractivity contribution < 1.29 is 19.4 Å². The number of hydrogen-bond acceptors (Lipinski definition) is 4. The van der Waals surface area contributed by atoms with Gasteiger partial charge in [0.05, 0.1) is 12.6 Å². The molecule has 1 heterocycles. The first kappa shape index (κ1) is 19.0. The largest absolute Gasteiger partial charge is 0.444 e. The molecular weight excluding hydrogens is 300 g/mol. The number of carbonyl (C=O) groups is 2. The molecule has 1 aliphatic rings. The first-order valence-electron chi connectivity index (χ1n) is 7.77. The molecule has 1 aliphatic heterocycles. The van der Waals surface area contributed by atoms with E-state index in [4.69, 9.17) is 4.74 Å². The quantitative estimate of drug-likeness (QED) is 0.596.